The van der Waals surface area contributed by atoms with Crippen LogP contribution in [0.25, 0.3) is 6.08 Å². The average molecular weight is 597 g/mol. The molecule has 8 nitrogen and oxygen atoms in total. The van der Waals surface area contributed by atoms with Crippen molar-refractivity contribution in [2.24, 2.45) is 0 Å². The summed E-state index contributed by atoms with van der Waals surface area (Å²) >= 11 is 2.13. The number of halogens is 1. The molecule has 0 aliphatic heterocycles. The Balaban J connectivity index is 1.85. The zero-order valence-electron chi connectivity index (χ0n) is 20.0. The van der Waals surface area contributed by atoms with E-state index in [1.165, 1.54) is 41.5 Å². The molecule has 36 heavy (non-hydrogen) atoms. The van der Waals surface area contributed by atoms with Crippen LogP contribution in [-0.4, -0.2) is 17.4 Å². The van der Waals surface area contributed by atoms with Crippen molar-refractivity contribution in [1.29, 1.82) is 5.26 Å². The van der Waals surface area contributed by atoms with Gasteiger partial charge in [-0.1, -0.05) is 24.3 Å². The van der Waals surface area contributed by atoms with Gasteiger partial charge in [0, 0.05) is 17.8 Å². The van der Waals surface area contributed by atoms with Gasteiger partial charge in [-0.2, -0.15) is 5.26 Å². The number of nitro benzene ring substituents is 1. The second kappa shape index (κ2) is 12.2. The summed E-state index contributed by atoms with van der Waals surface area (Å²) in [6.45, 7) is 6.73. The van der Waals surface area contributed by atoms with Crippen molar-refractivity contribution in [3.8, 4) is 17.6 Å². The number of hydrogen-bond donors (Lipinski definition) is 1. The molecule has 1 amide bonds. The molecule has 0 aromatic heterocycles. The van der Waals surface area contributed by atoms with Crippen molar-refractivity contribution < 1.29 is 19.2 Å². The van der Waals surface area contributed by atoms with Crippen LogP contribution in [0.5, 0.6) is 11.5 Å². The number of ether oxygens (including phenoxy) is 2. The molecule has 0 fully saturated rings. The predicted molar refractivity (Wildman–Crippen MR) is 146 cm³/mol. The van der Waals surface area contributed by atoms with E-state index >= 15 is 0 Å². The van der Waals surface area contributed by atoms with Gasteiger partial charge in [-0.25, -0.2) is 0 Å². The molecule has 0 atom stereocenters. The van der Waals surface area contributed by atoms with E-state index in [4.69, 9.17) is 9.47 Å². The number of nitrogens with one attached hydrogen (secondary N) is 1. The van der Waals surface area contributed by atoms with E-state index in [9.17, 15) is 20.2 Å². The molecule has 9 heteroatoms. The van der Waals surface area contributed by atoms with E-state index in [2.05, 4.69) is 53.9 Å². The molecule has 184 valence electrons. The summed E-state index contributed by atoms with van der Waals surface area (Å²) in [5, 5.41) is 23.1. The number of amides is 1. The summed E-state index contributed by atoms with van der Waals surface area (Å²) < 4.78 is 12.6. The van der Waals surface area contributed by atoms with Crippen LogP contribution in [0.15, 0.2) is 60.2 Å². The van der Waals surface area contributed by atoms with Gasteiger partial charge in [0.25, 0.3) is 11.6 Å². The highest BCUT2D eigenvalue weighted by Gasteiger charge is 2.16. The van der Waals surface area contributed by atoms with Crippen molar-refractivity contribution >= 4 is 45.9 Å². The highest BCUT2D eigenvalue weighted by atomic mass is 127. The van der Waals surface area contributed by atoms with E-state index in [-0.39, 0.29) is 16.9 Å². The number of aryl methyl sites for hydroxylation is 2. The SMILES string of the molecule is CCOc1cc(/C=C(\C#N)C(=O)Nc2cccc([N+](=O)[O-])c2)cc(I)c1OCc1ccc(C)c(C)c1. The maximum atomic E-state index is 12.7. The molecular formula is C27H24IN3O5. The molecule has 0 bridgehead atoms. The number of carbonyl (C=O) groups excluding carboxylic acids is 1. The molecule has 0 aliphatic carbocycles. The van der Waals surface area contributed by atoms with E-state index < -0.39 is 10.8 Å². The fourth-order valence-corrected chi connectivity index (χ4v) is 4.12. The van der Waals surface area contributed by atoms with Crippen LogP contribution < -0.4 is 14.8 Å². The first-order chi connectivity index (χ1) is 17.2. The second-order valence-corrected chi connectivity index (χ2v) is 9.06. The molecule has 0 unspecified atom stereocenters. The Hall–Kier alpha value is -3.91. The summed E-state index contributed by atoms with van der Waals surface area (Å²) in [4.78, 5) is 23.1. The first kappa shape index (κ1) is 26.7. The van der Waals surface area contributed by atoms with E-state index in [0.717, 1.165) is 9.13 Å². The lowest BCUT2D eigenvalue weighted by molar-refractivity contribution is -0.384. The molecule has 0 radical (unpaired) electrons. The summed E-state index contributed by atoms with van der Waals surface area (Å²) in [5.41, 5.74) is 3.89. The lowest BCUT2D eigenvalue weighted by Gasteiger charge is -2.15. The van der Waals surface area contributed by atoms with Gasteiger partial charge >= 0.3 is 0 Å². The largest absolute Gasteiger partial charge is 0.490 e. The quantitative estimate of drug-likeness (QED) is 0.101. The Morgan fingerprint density at radius 2 is 1.92 bits per heavy atom. The Morgan fingerprint density at radius 1 is 1.14 bits per heavy atom. The maximum absolute atomic E-state index is 12.7. The second-order valence-electron chi connectivity index (χ2n) is 7.90. The Labute approximate surface area is 222 Å². The number of benzene rings is 3. The fraction of sp³-hybridized carbons (Fsp3) is 0.185. The van der Waals surface area contributed by atoms with Gasteiger partial charge in [-0.3, -0.25) is 14.9 Å². The minimum absolute atomic E-state index is 0.163. The normalized spacial score (nSPS) is 10.9. The van der Waals surface area contributed by atoms with Crippen molar-refractivity contribution in [3.05, 3.63) is 96.1 Å². The molecule has 0 spiro atoms. The van der Waals surface area contributed by atoms with E-state index in [0.29, 0.717) is 30.3 Å². The number of nitrogens with zero attached hydrogens (tertiary/aromatic N) is 2. The monoisotopic (exact) mass is 597 g/mol. The molecule has 0 saturated heterocycles. The predicted octanol–water partition coefficient (Wildman–Crippen LogP) is 6.34. The summed E-state index contributed by atoms with van der Waals surface area (Å²) in [6.07, 6.45) is 1.44. The van der Waals surface area contributed by atoms with E-state index in [1.54, 1.807) is 12.1 Å². The maximum Gasteiger partial charge on any atom is 0.271 e. The first-order valence-electron chi connectivity index (χ1n) is 11.0. The first-order valence-corrected chi connectivity index (χ1v) is 12.1. The molecule has 3 rings (SSSR count). The van der Waals surface area contributed by atoms with Crippen molar-refractivity contribution in [2.45, 2.75) is 27.4 Å². The number of anilines is 1. The van der Waals surface area contributed by atoms with Gasteiger partial charge in [-0.05, 0) is 89.9 Å². The van der Waals surface area contributed by atoms with Gasteiger partial charge in [-0.15, -0.1) is 0 Å². The van der Waals surface area contributed by atoms with Crippen molar-refractivity contribution in [2.75, 3.05) is 11.9 Å². The number of rotatable bonds is 9. The van der Waals surface area contributed by atoms with Crippen molar-refractivity contribution in [1.82, 2.24) is 0 Å². The fourth-order valence-electron chi connectivity index (χ4n) is 3.33. The van der Waals surface area contributed by atoms with Gasteiger partial charge in [0.05, 0.1) is 15.1 Å². The molecule has 0 heterocycles. The smallest absolute Gasteiger partial charge is 0.271 e. The lowest BCUT2D eigenvalue weighted by Crippen LogP contribution is -2.13. The molecule has 0 aliphatic rings. The highest BCUT2D eigenvalue weighted by Crippen LogP contribution is 2.35. The van der Waals surface area contributed by atoms with E-state index in [1.807, 2.05) is 19.1 Å². The van der Waals surface area contributed by atoms with Crippen LogP contribution in [-0.2, 0) is 11.4 Å². The molecular weight excluding hydrogens is 573 g/mol. The highest BCUT2D eigenvalue weighted by molar-refractivity contribution is 14.1. The molecule has 1 N–H and O–H groups in total. The zero-order chi connectivity index (χ0) is 26.2. The third kappa shape index (κ3) is 6.82. The van der Waals surface area contributed by atoms with Crippen LogP contribution in [0.4, 0.5) is 11.4 Å². The number of nitriles is 1. The molecule has 3 aromatic carbocycles. The van der Waals surface area contributed by atoms with Crippen molar-refractivity contribution in [3.63, 3.8) is 0 Å². The number of nitro groups is 1. The van der Waals surface area contributed by atoms with Gasteiger partial charge in [0.1, 0.15) is 18.2 Å². The van der Waals surface area contributed by atoms with Crippen LogP contribution in [0.2, 0.25) is 0 Å². The Kier molecular flexibility index (Phi) is 9.02. The Bertz CT molecular complexity index is 1380. The van der Waals surface area contributed by atoms with Crippen LogP contribution in [0.1, 0.15) is 29.2 Å². The molecule has 3 aromatic rings. The summed E-state index contributed by atoms with van der Waals surface area (Å²) in [5.74, 6) is 0.393. The van der Waals surface area contributed by atoms with Gasteiger partial charge in [0.2, 0.25) is 0 Å². The van der Waals surface area contributed by atoms with Gasteiger partial charge < -0.3 is 14.8 Å². The number of non-ortho nitro benzene ring substituents is 1. The standard InChI is InChI=1S/C27H24IN3O5/c1-4-35-25-13-20(12-24(28)26(25)36-16-19-9-8-17(2)18(3)10-19)11-21(15-29)27(32)30-22-6-5-7-23(14-22)31(33)34/h5-14H,4,16H2,1-3H3,(H,30,32)/b21-11+. The number of carbonyl (C=O) groups is 1. The summed E-state index contributed by atoms with van der Waals surface area (Å²) in [7, 11) is 0. The lowest BCUT2D eigenvalue weighted by atomic mass is 10.1. The van der Waals surface area contributed by atoms with Crippen LogP contribution >= 0.6 is 22.6 Å². The zero-order valence-corrected chi connectivity index (χ0v) is 22.2. The van der Waals surface area contributed by atoms with Crippen LogP contribution in [0.3, 0.4) is 0 Å². The third-order valence-corrected chi connectivity index (χ3v) is 6.08. The molecule has 0 saturated carbocycles. The number of hydrogen-bond acceptors (Lipinski definition) is 6. The third-order valence-electron chi connectivity index (χ3n) is 5.28. The topological polar surface area (TPSA) is 114 Å². The minimum Gasteiger partial charge on any atom is -0.490 e. The average Bonchev–Trinajstić information content (AvgIpc) is 2.84. The van der Waals surface area contributed by atoms with Gasteiger partial charge in [0.15, 0.2) is 11.5 Å². The Morgan fingerprint density at radius 3 is 2.58 bits per heavy atom. The van der Waals surface area contributed by atoms with Crippen LogP contribution in [0, 0.1) is 38.9 Å². The minimum atomic E-state index is -0.680. The summed E-state index contributed by atoms with van der Waals surface area (Å²) in [6, 6.07) is 17.1.